The molecule has 0 saturated heterocycles. The maximum absolute atomic E-state index is 13.2. The number of hydrogen-bond acceptors (Lipinski definition) is 4. The summed E-state index contributed by atoms with van der Waals surface area (Å²) in [5, 5.41) is 3.07. The number of amides is 1. The van der Waals surface area contributed by atoms with E-state index in [0.29, 0.717) is 5.75 Å². The van der Waals surface area contributed by atoms with Gasteiger partial charge in [-0.25, -0.2) is 8.42 Å². The minimum absolute atomic E-state index is 0.0563. The Balaban J connectivity index is 1.85. The lowest BCUT2D eigenvalue weighted by Gasteiger charge is -2.22. The van der Waals surface area contributed by atoms with Crippen LogP contribution >= 0.6 is 27.5 Å². The SMILES string of the molecule is COc1ccc(S(=O)(=O)N[C@@H](Cc2ccccc2)C(=O)N[C@@H](C)c2cccc(Br)c2)cc1Cl. The van der Waals surface area contributed by atoms with Crippen LogP contribution in [0.4, 0.5) is 0 Å². The van der Waals surface area contributed by atoms with Crippen molar-refractivity contribution in [2.24, 2.45) is 0 Å². The molecule has 0 spiro atoms. The van der Waals surface area contributed by atoms with Gasteiger partial charge in [-0.2, -0.15) is 4.72 Å². The van der Waals surface area contributed by atoms with Gasteiger partial charge in [0.1, 0.15) is 11.8 Å². The number of ether oxygens (including phenoxy) is 1. The first kappa shape index (κ1) is 25.2. The maximum Gasteiger partial charge on any atom is 0.241 e. The van der Waals surface area contributed by atoms with Gasteiger partial charge in [-0.15, -0.1) is 0 Å². The molecule has 9 heteroatoms. The third kappa shape index (κ3) is 6.80. The molecule has 6 nitrogen and oxygen atoms in total. The number of benzene rings is 3. The van der Waals surface area contributed by atoms with Gasteiger partial charge in [-0.05, 0) is 54.8 Å². The second-order valence-corrected chi connectivity index (χ2v) is 10.5. The zero-order chi connectivity index (χ0) is 24.0. The van der Waals surface area contributed by atoms with Crippen molar-refractivity contribution in [3.8, 4) is 5.75 Å². The van der Waals surface area contributed by atoms with E-state index < -0.39 is 22.0 Å². The van der Waals surface area contributed by atoms with Crippen LogP contribution in [0.25, 0.3) is 0 Å². The average Bonchev–Trinajstić information content (AvgIpc) is 2.79. The maximum atomic E-state index is 13.2. The molecular formula is C24H24BrClN2O4S. The highest BCUT2D eigenvalue weighted by Crippen LogP contribution is 2.27. The highest BCUT2D eigenvalue weighted by Gasteiger charge is 2.27. The van der Waals surface area contributed by atoms with Crippen LogP contribution in [0.1, 0.15) is 24.1 Å². The van der Waals surface area contributed by atoms with Crippen LogP contribution in [0, 0.1) is 0 Å². The summed E-state index contributed by atoms with van der Waals surface area (Å²) in [5.41, 5.74) is 1.71. The first-order valence-corrected chi connectivity index (χ1v) is 12.8. The topological polar surface area (TPSA) is 84.5 Å². The Bertz CT molecular complexity index is 1220. The van der Waals surface area contributed by atoms with Crippen molar-refractivity contribution in [3.63, 3.8) is 0 Å². The fourth-order valence-electron chi connectivity index (χ4n) is 3.28. The van der Waals surface area contributed by atoms with Crippen molar-refractivity contribution in [2.75, 3.05) is 7.11 Å². The molecule has 0 aromatic heterocycles. The number of nitrogens with one attached hydrogen (secondary N) is 2. The van der Waals surface area contributed by atoms with Crippen LogP contribution < -0.4 is 14.8 Å². The van der Waals surface area contributed by atoms with Gasteiger partial charge < -0.3 is 10.1 Å². The van der Waals surface area contributed by atoms with Crippen molar-refractivity contribution < 1.29 is 17.9 Å². The number of sulfonamides is 1. The van der Waals surface area contributed by atoms with Crippen molar-refractivity contribution in [1.29, 1.82) is 0 Å². The molecule has 0 aliphatic carbocycles. The second kappa shape index (κ2) is 11.2. The third-order valence-electron chi connectivity index (χ3n) is 5.04. The van der Waals surface area contributed by atoms with Crippen LogP contribution in [0.3, 0.4) is 0 Å². The summed E-state index contributed by atoms with van der Waals surface area (Å²) >= 11 is 9.54. The minimum atomic E-state index is -4.04. The molecule has 2 atom stereocenters. The molecule has 0 saturated carbocycles. The Morgan fingerprint density at radius 3 is 2.42 bits per heavy atom. The molecule has 0 heterocycles. The molecule has 3 aromatic carbocycles. The molecule has 2 N–H and O–H groups in total. The smallest absolute Gasteiger partial charge is 0.241 e. The second-order valence-electron chi connectivity index (χ2n) is 7.45. The van der Waals surface area contributed by atoms with Crippen LogP contribution in [0.15, 0.2) is 82.2 Å². The third-order valence-corrected chi connectivity index (χ3v) is 7.30. The van der Waals surface area contributed by atoms with Crippen LogP contribution in [0.2, 0.25) is 5.02 Å². The van der Waals surface area contributed by atoms with Crippen LogP contribution in [-0.2, 0) is 21.2 Å². The van der Waals surface area contributed by atoms with Crippen molar-refractivity contribution in [1.82, 2.24) is 10.0 Å². The monoisotopic (exact) mass is 550 g/mol. The Hall–Kier alpha value is -2.39. The standard InChI is InChI=1S/C24H24BrClN2O4S/c1-16(18-9-6-10-19(25)14-18)27-24(29)22(13-17-7-4-3-5-8-17)28-33(30,31)20-11-12-23(32-2)21(26)15-20/h3-12,14-16,22,28H,13H2,1-2H3,(H,27,29)/t16-,22-/m0/s1. The van der Waals surface area contributed by atoms with Crippen molar-refractivity contribution in [3.05, 3.63) is 93.4 Å². The highest BCUT2D eigenvalue weighted by atomic mass is 79.9. The molecule has 174 valence electrons. The number of carbonyl (C=O) groups is 1. The number of halogens is 2. The molecule has 3 rings (SSSR count). The van der Waals surface area contributed by atoms with Gasteiger partial charge in [0, 0.05) is 4.47 Å². The van der Waals surface area contributed by atoms with E-state index in [1.54, 1.807) is 0 Å². The van der Waals surface area contributed by atoms with Crippen molar-refractivity contribution >= 4 is 43.5 Å². The fraction of sp³-hybridized carbons (Fsp3) is 0.208. The normalized spacial score (nSPS) is 13.2. The van der Waals surface area contributed by atoms with Crippen molar-refractivity contribution in [2.45, 2.75) is 30.3 Å². The summed E-state index contributed by atoms with van der Waals surface area (Å²) in [6.45, 7) is 1.84. The minimum Gasteiger partial charge on any atom is -0.495 e. The number of rotatable bonds is 9. The summed E-state index contributed by atoms with van der Waals surface area (Å²) in [6.07, 6.45) is 0.182. The van der Waals surface area contributed by atoms with E-state index in [0.717, 1.165) is 15.6 Å². The van der Waals surface area contributed by atoms with E-state index in [1.807, 2.05) is 61.5 Å². The molecule has 3 aromatic rings. The molecule has 0 aliphatic heterocycles. The van der Waals surface area contributed by atoms with Gasteiger partial charge >= 0.3 is 0 Å². The molecule has 0 bridgehead atoms. The molecule has 0 radical (unpaired) electrons. The summed E-state index contributed by atoms with van der Waals surface area (Å²) in [6, 6.07) is 19.6. The summed E-state index contributed by atoms with van der Waals surface area (Å²) in [5.74, 6) is -0.0773. The predicted octanol–water partition coefficient (Wildman–Crippen LogP) is 4.88. The van der Waals surface area contributed by atoms with Gasteiger partial charge in [0.05, 0.1) is 23.1 Å². The molecule has 1 amide bonds. The number of carbonyl (C=O) groups excluding carboxylic acids is 1. The lowest BCUT2D eigenvalue weighted by Crippen LogP contribution is -2.48. The molecule has 0 fully saturated rings. The van der Waals surface area contributed by atoms with E-state index in [-0.39, 0.29) is 22.4 Å². The van der Waals surface area contributed by atoms with Gasteiger partial charge in [0.15, 0.2) is 0 Å². The zero-order valence-corrected chi connectivity index (χ0v) is 21.2. The molecule has 0 aliphatic rings. The quantitative estimate of drug-likeness (QED) is 0.397. The van der Waals surface area contributed by atoms with Gasteiger partial charge in [0.25, 0.3) is 0 Å². The fourth-order valence-corrected chi connectivity index (χ4v) is 5.24. The Kier molecular flexibility index (Phi) is 8.53. The number of methoxy groups -OCH3 is 1. The van der Waals surface area contributed by atoms with Crippen LogP contribution in [0.5, 0.6) is 5.75 Å². The van der Waals surface area contributed by atoms with Gasteiger partial charge in [-0.3, -0.25) is 4.79 Å². The Morgan fingerprint density at radius 1 is 1.06 bits per heavy atom. The summed E-state index contributed by atoms with van der Waals surface area (Å²) < 4.78 is 34.7. The molecular weight excluding hydrogens is 528 g/mol. The lowest BCUT2D eigenvalue weighted by molar-refractivity contribution is -0.123. The van der Waals surface area contributed by atoms with Gasteiger partial charge in [0.2, 0.25) is 15.9 Å². The lowest BCUT2D eigenvalue weighted by atomic mass is 10.0. The first-order valence-electron chi connectivity index (χ1n) is 10.1. The largest absolute Gasteiger partial charge is 0.495 e. The van der Waals surface area contributed by atoms with E-state index in [4.69, 9.17) is 16.3 Å². The Labute approximate surface area is 207 Å². The van der Waals surface area contributed by atoms with E-state index in [9.17, 15) is 13.2 Å². The first-order chi connectivity index (χ1) is 15.7. The summed E-state index contributed by atoms with van der Waals surface area (Å²) in [7, 11) is -2.59. The van der Waals surface area contributed by atoms with Gasteiger partial charge in [-0.1, -0.05) is 70.0 Å². The molecule has 0 unspecified atom stereocenters. The average molecular weight is 552 g/mol. The van der Waals surface area contributed by atoms with E-state index in [1.165, 1.54) is 25.3 Å². The van der Waals surface area contributed by atoms with Crippen LogP contribution in [-0.4, -0.2) is 27.5 Å². The predicted molar refractivity (Wildman–Crippen MR) is 133 cm³/mol. The zero-order valence-electron chi connectivity index (χ0n) is 18.1. The number of hydrogen-bond donors (Lipinski definition) is 2. The van der Waals surface area contributed by atoms with E-state index in [2.05, 4.69) is 26.0 Å². The Morgan fingerprint density at radius 2 is 1.79 bits per heavy atom. The molecule has 33 heavy (non-hydrogen) atoms. The van der Waals surface area contributed by atoms with E-state index >= 15 is 0 Å². The summed E-state index contributed by atoms with van der Waals surface area (Å²) in [4.78, 5) is 13.1. The highest BCUT2D eigenvalue weighted by molar-refractivity contribution is 9.10.